The SMILES string of the molecule is CCCCC(CC)C(O)C(O)C(O)c1cnn(C)c1. The minimum absolute atomic E-state index is 0.0151. The number of rotatable bonds is 8. The Labute approximate surface area is 114 Å². The zero-order chi connectivity index (χ0) is 14.4. The fourth-order valence-corrected chi connectivity index (χ4v) is 2.34. The Morgan fingerprint density at radius 1 is 1.21 bits per heavy atom. The lowest BCUT2D eigenvalue weighted by Crippen LogP contribution is -2.37. The molecule has 0 fully saturated rings. The molecule has 0 aliphatic carbocycles. The molecule has 4 unspecified atom stereocenters. The van der Waals surface area contributed by atoms with E-state index in [1.54, 1.807) is 17.9 Å². The molecule has 3 N–H and O–H groups in total. The van der Waals surface area contributed by atoms with Gasteiger partial charge in [0, 0.05) is 18.8 Å². The highest BCUT2D eigenvalue weighted by Gasteiger charge is 2.31. The second-order valence-electron chi connectivity index (χ2n) is 5.18. The van der Waals surface area contributed by atoms with Crippen molar-refractivity contribution >= 4 is 0 Å². The molecule has 1 aromatic heterocycles. The van der Waals surface area contributed by atoms with Crippen LogP contribution >= 0.6 is 0 Å². The number of unbranched alkanes of at least 4 members (excludes halogenated alkanes) is 1. The first-order valence-corrected chi connectivity index (χ1v) is 7.03. The molecule has 0 spiro atoms. The Hall–Kier alpha value is -0.910. The van der Waals surface area contributed by atoms with Gasteiger partial charge >= 0.3 is 0 Å². The molecule has 0 saturated carbocycles. The van der Waals surface area contributed by atoms with E-state index in [1.807, 2.05) is 6.92 Å². The van der Waals surface area contributed by atoms with Gasteiger partial charge in [0.1, 0.15) is 12.2 Å². The normalized spacial score (nSPS) is 18.0. The Bertz CT molecular complexity index is 367. The molecular formula is C14H26N2O3. The summed E-state index contributed by atoms with van der Waals surface area (Å²) in [7, 11) is 1.75. The number of aryl methyl sites for hydroxylation is 1. The van der Waals surface area contributed by atoms with E-state index < -0.39 is 18.3 Å². The first-order chi connectivity index (χ1) is 9.01. The molecule has 1 aromatic rings. The number of hydrogen-bond acceptors (Lipinski definition) is 4. The van der Waals surface area contributed by atoms with E-state index in [-0.39, 0.29) is 5.92 Å². The standard InChI is InChI=1S/C14H26N2O3/c1-4-6-7-10(5-2)12(17)14(19)13(18)11-8-15-16(3)9-11/h8-10,12-14,17-19H,4-7H2,1-3H3. The van der Waals surface area contributed by atoms with E-state index in [2.05, 4.69) is 12.0 Å². The van der Waals surface area contributed by atoms with Crippen LogP contribution in [0.4, 0.5) is 0 Å². The Morgan fingerprint density at radius 2 is 1.89 bits per heavy atom. The summed E-state index contributed by atoms with van der Waals surface area (Å²) in [6, 6.07) is 0. The van der Waals surface area contributed by atoms with Crippen LogP contribution in [-0.2, 0) is 7.05 Å². The van der Waals surface area contributed by atoms with Crippen molar-refractivity contribution in [1.29, 1.82) is 0 Å². The van der Waals surface area contributed by atoms with Gasteiger partial charge in [0.25, 0.3) is 0 Å². The summed E-state index contributed by atoms with van der Waals surface area (Å²) < 4.78 is 1.56. The van der Waals surface area contributed by atoms with Gasteiger partial charge in [-0.1, -0.05) is 33.1 Å². The number of aliphatic hydroxyl groups is 3. The van der Waals surface area contributed by atoms with E-state index in [1.165, 1.54) is 6.20 Å². The zero-order valence-electron chi connectivity index (χ0n) is 12.0. The van der Waals surface area contributed by atoms with Crippen molar-refractivity contribution < 1.29 is 15.3 Å². The van der Waals surface area contributed by atoms with Crippen molar-refractivity contribution in [2.75, 3.05) is 0 Å². The van der Waals surface area contributed by atoms with Gasteiger partial charge in [-0.3, -0.25) is 4.68 Å². The van der Waals surface area contributed by atoms with Crippen LogP contribution in [0, 0.1) is 5.92 Å². The van der Waals surface area contributed by atoms with Crippen LogP contribution in [0.15, 0.2) is 12.4 Å². The maximum Gasteiger partial charge on any atom is 0.110 e. The summed E-state index contributed by atoms with van der Waals surface area (Å²) >= 11 is 0. The average molecular weight is 270 g/mol. The summed E-state index contributed by atoms with van der Waals surface area (Å²) in [5.74, 6) is 0.0151. The van der Waals surface area contributed by atoms with Gasteiger partial charge in [-0.15, -0.1) is 0 Å². The average Bonchev–Trinajstić information content (AvgIpc) is 2.84. The second kappa shape index (κ2) is 7.62. The molecule has 0 bridgehead atoms. The van der Waals surface area contributed by atoms with Gasteiger partial charge < -0.3 is 15.3 Å². The highest BCUT2D eigenvalue weighted by Crippen LogP contribution is 2.26. The third-order valence-electron chi connectivity index (χ3n) is 3.68. The van der Waals surface area contributed by atoms with Crippen LogP contribution in [0.5, 0.6) is 0 Å². The maximum absolute atomic E-state index is 10.2. The van der Waals surface area contributed by atoms with Crippen molar-refractivity contribution in [3.8, 4) is 0 Å². The van der Waals surface area contributed by atoms with Crippen LogP contribution in [0.3, 0.4) is 0 Å². The zero-order valence-corrected chi connectivity index (χ0v) is 12.0. The summed E-state index contributed by atoms with van der Waals surface area (Å²) in [6.45, 7) is 4.09. The number of hydrogen-bond donors (Lipinski definition) is 3. The Balaban J connectivity index is 2.66. The molecule has 110 valence electrons. The molecular weight excluding hydrogens is 244 g/mol. The topological polar surface area (TPSA) is 78.5 Å². The van der Waals surface area contributed by atoms with Crippen molar-refractivity contribution in [1.82, 2.24) is 9.78 Å². The van der Waals surface area contributed by atoms with Crippen LogP contribution in [0.1, 0.15) is 51.2 Å². The van der Waals surface area contributed by atoms with E-state index >= 15 is 0 Å². The lowest BCUT2D eigenvalue weighted by Gasteiger charge is -2.28. The van der Waals surface area contributed by atoms with Crippen LogP contribution < -0.4 is 0 Å². The number of aliphatic hydroxyl groups excluding tert-OH is 3. The molecule has 0 radical (unpaired) electrons. The molecule has 5 nitrogen and oxygen atoms in total. The van der Waals surface area contributed by atoms with Gasteiger partial charge in [-0.2, -0.15) is 5.10 Å². The number of aromatic nitrogens is 2. The molecule has 4 atom stereocenters. The first kappa shape index (κ1) is 16.1. The van der Waals surface area contributed by atoms with E-state index in [4.69, 9.17) is 0 Å². The van der Waals surface area contributed by atoms with Gasteiger partial charge in [0.05, 0.1) is 12.3 Å². The highest BCUT2D eigenvalue weighted by molar-refractivity contribution is 5.10. The van der Waals surface area contributed by atoms with Crippen LogP contribution in [-0.4, -0.2) is 37.3 Å². The van der Waals surface area contributed by atoms with Gasteiger partial charge in [0.15, 0.2) is 0 Å². The molecule has 0 aliphatic rings. The number of nitrogens with zero attached hydrogens (tertiary/aromatic N) is 2. The largest absolute Gasteiger partial charge is 0.390 e. The smallest absolute Gasteiger partial charge is 0.110 e. The van der Waals surface area contributed by atoms with Crippen molar-refractivity contribution in [3.63, 3.8) is 0 Å². The lowest BCUT2D eigenvalue weighted by atomic mass is 9.87. The molecule has 0 aliphatic heterocycles. The maximum atomic E-state index is 10.2. The molecule has 19 heavy (non-hydrogen) atoms. The van der Waals surface area contributed by atoms with E-state index in [0.29, 0.717) is 5.56 Å². The minimum Gasteiger partial charge on any atom is -0.390 e. The third-order valence-corrected chi connectivity index (χ3v) is 3.68. The predicted octanol–water partition coefficient (Wildman–Crippen LogP) is 1.39. The van der Waals surface area contributed by atoms with Crippen LogP contribution in [0.25, 0.3) is 0 Å². The minimum atomic E-state index is -1.17. The van der Waals surface area contributed by atoms with Crippen molar-refractivity contribution in [2.45, 2.75) is 57.8 Å². The lowest BCUT2D eigenvalue weighted by molar-refractivity contribution is -0.0846. The van der Waals surface area contributed by atoms with Gasteiger partial charge in [0.2, 0.25) is 0 Å². The van der Waals surface area contributed by atoms with Gasteiger partial charge in [-0.05, 0) is 12.3 Å². The molecule has 0 saturated heterocycles. The highest BCUT2D eigenvalue weighted by atomic mass is 16.4. The molecule has 1 rings (SSSR count). The van der Waals surface area contributed by atoms with Crippen molar-refractivity contribution in [3.05, 3.63) is 18.0 Å². The predicted molar refractivity (Wildman–Crippen MR) is 73.5 cm³/mol. The molecule has 0 aromatic carbocycles. The Kier molecular flexibility index (Phi) is 6.48. The molecule has 0 amide bonds. The summed E-state index contributed by atoms with van der Waals surface area (Å²) in [4.78, 5) is 0. The van der Waals surface area contributed by atoms with Crippen molar-refractivity contribution in [2.24, 2.45) is 13.0 Å². The van der Waals surface area contributed by atoms with Gasteiger partial charge in [-0.25, -0.2) is 0 Å². The summed E-state index contributed by atoms with van der Waals surface area (Å²) in [6.07, 6.45) is 3.71. The first-order valence-electron chi connectivity index (χ1n) is 7.03. The van der Waals surface area contributed by atoms with E-state index in [9.17, 15) is 15.3 Å². The second-order valence-corrected chi connectivity index (χ2v) is 5.18. The quantitative estimate of drug-likeness (QED) is 0.667. The fraction of sp³-hybridized carbons (Fsp3) is 0.786. The van der Waals surface area contributed by atoms with E-state index in [0.717, 1.165) is 25.7 Å². The molecule has 5 heteroatoms. The summed E-state index contributed by atoms with van der Waals surface area (Å²) in [5, 5.41) is 34.4. The third kappa shape index (κ3) is 4.30. The summed E-state index contributed by atoms with van der Waals surface area (Å²) in [5.41, 5.74) is 0.527. The monoisotopic (exact) mass is 270 g/mol. The fourth-order valence-electron chi connectivity index (χ4n) is 2.34. The molecule has 1 heterocycles. The Morgan fingerprint density at radius 3 is 2.37 bits per heavy atom. The van der Waals surface area contributed by atoms with Crippen LogP contribution in [0.2, 0.25) is 0 Å².